The summed E-state index contributed by atoms with van der Waals surface area (Å²) in [6.07, 6.45) is 3.72. The van der Waals surface area contributed by atoms with Gasteiger partial charge in [-0.3, -0.25) is 9.78 Å². The Balaban J connectivity index is 1.73. The molecule has 0 saturated carbocycles. The van der Waals surface area contributed by atoms with Crippen LogP contribution in [0.3, 0.4) is 0 Å². The average Bonchev–Trinajstić information content (AvgIpc) is 3.07. The molecule has 1 amide bonds. The number of hydrogen-bond acceptors (Lipinski definition) is 6. The van der Waals surface area contributed by atoms with E-state index in [1.807, 2.05) is 19.1 Å². The quantitative estimate of drug-likeness (QED) is 0.800. The standard InChI is InChI=1S/C15H14N4O2S/c1-9-7-13(19-21-9)18-14(20)8-12-10(2)17-15(22-12)11-3-5-16-6-4-11/h3-7H,8H2,1-2H3,(H,18,19,20). The SMILES string of the molecule is Cc1cc(NC(=O)Cc2sc(-c3ccncc3)nc2C)no1. The molecule has 3 aromatic heterocycles. The third-order valence-corrected chi connectivity index (χ3v) is 4.24. The van der Waals surface area contributed by atoms with Crippen molar-refractivity contribution in [3.8, 4) is 10.6 Å². The molecule has 6 nitrogen and oxygen atoms in total. The predicted octanol–water partition coefficient (Wildman–Crippen LogP) is 2.99. The van der Waals surface area contributed by atoms with Crippen LogP contribution in [0.5, 0.6) is 0 Å². The minimum atomic E-state index is -0.138. The number of aryl methyl sites for hydroxylation is 2. The second kappa shape index (κ2) is 6.07. The van der Waals surface area contributed by atoms with Crippen molar-refractivity contribution < 1.29 is 9.32 Å². The van der Waals surface area contributed by atoms with Gasteiger partial charge in [-0.15, -0.1) is 11.3 Å². The number of rotatable bonds is 4. The first-order chi connectivity index (χ1) is 10.6. The monoisotopic (exact) mass is 314 g/mol. The van der Waals surface area contributed by atoms with Crippen LogP contribution < -0.4 is 5.32 Å². The summed E-state index contributed by atoms with van der Waals surface area (Å²) in [5, 5.41) is 7.35. The summed E-state index contributed by atoms with van der Waals surface area (Å²) in [5.74, 6) is 0.949. The molecule has 0 aliphatic heterocycles. The summed E-state index contributed by atoms with van der Waals surface area (Å²) in [4.78, 5) is 21.5. The summed E-state index contributed by atoms with van der Waals surface area (Å²) in [7, 11) is 0. The maximum atomic E-state index is 12.1. The van der Waals surface area contributed by atoms with Crippen LogP contribution in [0.1, 0.15) is 16.3 Å². The first kappa shape index (κ1) is 14.4. The molecule has 1 N–H and O–H groups in total. The van der Waals surface area contributed by atoms with Crippen molar-refractivity contribution in [2.24, 2.45) is 0 Å². The Morgan fingerprint density at radius 2 is 2.09 bits per heavy atom. The van der Waals surface area contributed by atoms with Crippen molar-refractivity contribution in [3.63, 3.8) is 0 Å². The van der Waals surface area contributed by atoms with Crippen LogP contribution in [0.25, 0.3) is 10.6 Å². The third kappa shape index (κ3) is 3.20. The number of pyridine rings is 1. The van der Waals surface area contributed by atoms with Crippen LogP contribution in [0.15, 0.2) is 35.1 Å². The van der Waals surface area contributed by atoms with E-state index in [4.69, 9.17) is 4.52 Å². The van der Waals surface area contributed by atoms with Gasteiger partial charge in [0.05, 0.1) is 12.1 Å². The van der Waals surface area contributed by atoms with E-state index in [-0.39, 0.29) is 12.3 Å². The normalized spacial score (nSPS) is 10.6. The van der Waals surface area contributed by atoms with Gasteiger partial charge >= 0.3 is 0 Å². The molecule has 0 aliphatic rings. The fraction of sp³-hybridized carbons (Fsp3) is 0.200. The largest absolute Gasteiger partial charge is 0.360 e. The van der Waals surface area contributed by atoms with Gasteiger partial charge in [-0.25, -0.2) is 4.98 Å². The molecule has 0 radical (unpaired) electrons. The number of hydrogen-bond donors (Lipinski definition) is 1. The van der Waals surface area contributed by atoms with Crippen molar-refractivity contribution in [2.75, 3.05) is 5.32 Å². The molecule has 3 aromatic rings. The molecule has 3 rings (SSSR count). The Morgan fingerprint density at radius 3 is 2.77 bits per heavy atom. The molecular weight excluding hydrogens is 300 g/mol. The van der Waals surface area contributed by atoms with Crippen LogP contribution in [-0.2, 0) is 11.2 Å². The van der Waals surface area contributed by atoms with Gasteiger partial charge in [0.2, 0.25) is 5.91 Å². The molecule has 0 atom stereocenters. The molecule has 22 heavy (non-hydrogen) atoms. The molecule has 0 spiro atoms. The predicted molar refractivity (Wildman–Crippen MR) is 83.7 cm³/mol. The molecule has 0 unspecified atom stereocenters. The van der Waals surface area contributed by atoms with Crippen molar-refractivity contribution in [3.05, 3.63) is 46.9 Å². The van der Waals surface area contributed by atoms with Crippen LogP contribution in [0.2, 0.25) is 0 Å². The van der Waals surface area contributed by atoms with Gasteiger partial charge in [0.15, 0.2) is 5.82 Å². The number of anilines is 1. The summed E-state index contributed by atoms with van der Waals surface area (Å²) in [5.41, 5.74) is 1.87. The van der Waals surface area contributed by atoms with E-state index in [2.05, 4.69) is 20.4 Å². The van der Waals surface area contributed by atoms with Crippen LogP contribution in [0.4, 0.5) is 5.82 Å². The van der Waals surface area contributed by atoms with Crippen molar-refractivity contribution in [1.82, 2.24) is 15.1 Å². The van der Waals surface area contributed by atoms with E-state index in [1.165, 1.54) is 11.3 Å². The van der Waals surface area contributed by atoms with Gasteiger partial charge in [-0.1, -0.05) is 5.16 Å². The fourth-order valence-electron chi connectivity index (χ4n) is 1.97. The summed E-state index contributed by atoms with van der Waals surface area (Å²) in [6.45, 7) is 3.68. The van der Waals surface area contributed by atoms with E-state index < -0.39 is 0 Å². The molecule has 0 aliphatic carbocycles. The lowest BCUT2D eigenvalue weighted by atomic mass is 10.2. The lowest BCUT2D eigenvalue weighted by Gasteiger charge is -1.99. The molecule has 7 heteroatoms. The highest BCUT2D eigenvalue weighted by Gasteiger charge is 2.14. The van der Waals surface area contributed by atoms with Gasteiger partial charge < -0.3 is 9.84 Å². The van der Waals surface area contributed by atoms with Gasteiger partial charge in [0, 0.05) is 28.9 Å². The van der Waals surface area contributed by atoms with Crippen molar-refractivity contribution in [1.29, 1.82) is 0 Å². The van der Waals surface area contributed by atoms with E-state index >= 15 is 0 Å². The smallest absolute Gasteiger partial charge is 0.230 e. The van der Waals surface area contributed by atoms with E-state index in [0.29, 0.717) is 11.6 Å². The summed E-state index contributed by atoms with van der Waals surface area (Å²) < 4.78 is 4.92. The third-order valence-electron chi connectivity index (χ3n) is 3.04. The average molecular weight is 314 g/mol. The Kier molecular flexibility index (Phi) is 3.97. The van der Waals surface area contributed by atoms with Gasteiger partial charge in [0.25, 0.3) is 0 Å². The zero-order valence-electron chi connectivity index (χ0n) is 12.2. The highest BCUT2D eigenvalue weighted by atomic mass is 32.1. The fourth-order valence-corrected chi connectivity index (χ4v) is 3.03. The highest BCUT2D eigenvalue weighted by Crippen LogP contribution is 2.27. The maximum absolute atomic E-state index is 12.1. The van der Waals surface area contributed by atoms with Crippen molar-refractivity contribution in [2.45, 2.75) is 20.3 Å². The molecular formula is C15H14N4O2S. The Bertz CT molecular complexity index is 795. The molecule has 3 heterocycles. The second-order valence-corrected chi connectivity index (χ2v) is 5.89. The topological polar surface area (TPSA) is 80.9 Å². The second-order valence-electron chi connectivity index (χ2n) is 4.81. The maximum Gasteiger partial charge on any atom is 0.230 e. The Hall–Kier alpha value is -2.54. The van der Waals surface area contributed by atoms with Gasteiger partial charge in [0.1, 0.15) is 10.8 Å². The minimum absolute atomic E-state index is 0.138. The molecule has 0 fully saturated rings. The van der Waals surface area contributed by atoms with Gasteiger partial charge in [-0.05, 0) is 26.0 Å². The Labute approximate surface area is 131 Å². The summed E-state index contributed by atoms with van der Waals surface area (Å²) >= 11 is 1.51. The number of amides is 1. The van der Waals surface area contributed by atoms with E-state index in [1.54, 1.807) is 25.4 Å². The molecule has 0 saturated heterocycles. The molecule has 112 valence electrons. The number of nitrogens with zero attached hydrogens (tertiary/aromatic N) is 3. The lowest BCUT2D eigenvalue weighted by Crippen LogP contribution is -2.14. The summed E-state index contributed by atoms with van der Waals surface area (Å²) in [6, 6.07) is 5.49. The number of nitrogens with one attached hydrogen (secondary N) is 1. The van der Waals surface area contributed by atoms with E-state index in [9.17, 15) is 4.79 Å². The first-order valence-corrected chi connectivity index (χ1v) is 7.53. The van der Waals surface area contributed by atoms with Crippen LogP contribution >= 0.6 is 11.3 Å². The number of carbonyl (C=O) groups excluding carboxylic acids is 1. The van der Waals surface area contributed by atoms with E-state index in [0.717, 1.165) is 21.1 Å². The number of aromatic nitrogens is 3. The number of carbonyl (C=O) groups is 1. The van der Waals surface area contributed by atoms with Crippen molar-refractivity contribution >= 4 is 23.1 Å². The van der Waals surface area contributed by atoms with Gasteiger partial charge in [-0.2, -0.15) is 0 Å². The minimum Gasteiger partial charge on any atom is -0.360 e. The van der Waals surface area contributed by atoms with Crippen LogP contribution in [-0.4, -0.2) is 21.0 Å². The highest BCUT2D eigenvalue weighted by molar-refractivity contribution is 7.15. The van der Waals surface area contributed by atoms with Crippen LogP contribution in [0, 0.1) is 13.8 Å². The zero-order chi connectivity index (χ0) is 15.5. The number of thiazole rings is 1. The molecule has 0 aromatic carbocycles. The first-order valence-electron chi connectivity index (χ1n) is 6.71. The lowest BCUT2D eigenvalue weighted by molar-refractivity contribution is -0.115. The molecule has 0 bridgehead atoms. The zero-order valence-corrected chi connectivity index (χ0v) is 13.0. The Morgan fingerprint density at radius 1 is 1.32 bits per heavy atom.